The molecule has 0 saturated heterocycles. The fourth-order valence-electron chi connectivity index (χ4n) is 1.66. The second-order valence-corrected chi connectivity index (χ2v) is 5.65. The Kier molecular flexibility index (Phi) is 5.20. The molecule has 21 heavy (non-hydrogen) atoms. The number of nitrogens with one attached hydrogen (secondary N) is 1. The summed E-state index contributed by atoms with van der Waals surface area (Å²) < 4.78 is 10.5. The van der Waals surface area contributed by atoms with Gasteiger partial charge in [0, 0.05) is 6.04 Å². The van der Waals surface area contributed by atoms with E-state index in [2.05, 4.69) is 19.2 Å². The lowest BCUT2D eigenvalue weighted by Gasteiger charge is -2.09. The summed E-state index contributed by atoms with van der Waals surface area (Å²) in [5.74, 6) is 0.408. The summed E-state index contributed by atoms with van der Waals surface area (Å²) in [7, 11) is 0. The van der Waals surface area contributed by atoms with Crippen LogP contribution >= 0.6 is 0 Å². The molecule has 2 rings (SSSR count). The highest BCUT2D eigenvalue weighted by Crippen LogP contribution is 2.18. The molecular formula is C16H21NO4. The summed E-state index contributed by atoms with van der Waals surface area (Å²) in [4.78, 5) is 23.2. The van der Waals surface area contributed by atoms with Crippen molar-refractivity contribution in [2.24, 2.45) is 5.92 Å². The summed E-state index contributed by atoms with van der Waals surface area (Å²) in [5, 5.41) is 2.76. The maximum Gasteiger partial charge on any atom is 0.338 e. The lowest BCUT2D eigenvalue weighted by atomic mass is 10.2. The van der Waals surface area contributed by atoms with Gasteiger partial charge in [-0.05, 0) is 43.0 Å². The Morgan fingerprint density at radius 1 is 1.24 bits per heavy atom. The van der Waals surface area contributed by atoms with E-state index in [0.29, 0.717) is 23.8 Å². The van der Waals surface area contributed by atoms with E-state index in [9.17, 15) is 9.59 Å². The highest BCUT2D eigenvalue weighted by molar-refractivity contribution is 5.91. The monoisotopic (exact) mass is 291 g/mol. The number of amides is 1. The fourth-order valence-corrected chi connectivity index (χ4v) is 1.66. The van der Waals surface area contributed by atoms with E-state index in [1.54, 1.807) is 24.3 Å². The number of carbonyl (C=O) groups excluding carboxylic acids is 2. The number of carbonyl (C=O) groups is 2. The minimum atomic E-state index is -0.503. The van der Waals surface area contributed by atoms with Crippen molar-refractivity contribution >= 4 is 11.9 Å². The molecule has 0 radical (unpaired) electrons. The van der Waals surface area contributed by atoms with Gasteiger partial charge < -0.3 is 14.8 Å². The fraction of sp³-hybridized carbons (Fsp3) is 0.500. The Morgan fingerprint density at radius 2 is 1.90 bits per heavy atom. The van der Waals surface area contributed by atoms with Gasteiger partial charge in [-0.25, -0.2) is 4.79 Å². The van der Waals surface area contributed by atoms with E-state index >= 15 is 0 Å². The molecule has 0 atom stereocenters. The molecule has 0 heterocycles. The second-order valence-electron chi connectivity index (χ2n) is 5.65. The van der Waals surface area contributed by atoms with E-state index in [1.165, 1.54) is 0 Å². The predicted octanol–water partition coefficient (Wildman–Crippen LogP) is 2.16. The van der Waals surface area contributed by atoms with Crippen LogP contribution in [-0.2, 0) is 9.53 Å². The Morgan fingerprint density at radius 3 is 2.48 bits per heavy atom. The zero-order chi connectivity index (χ0) is 15.2. The maximum absolute atomic E-state index is 11.8. The lowest BCUT2D eigenvalue weighted by molar-refractivity contribution is -0.124. The van der Waals surface area contributed by atoms with Gasteiger partial charge >= 0.3 is 5.97 Å². The standard InChI is InChI=1S/C16H21NO4/c1-11(2)9-20-14-7-3-12(4-8-14)16(19)21-10-15(18)17-13-5-6-13/h3-4,7-8,11,13H,5-6,9-10H2,1-2H3,(H,17,18). The summed E-state index contributed by atoms with van der Waals surface area (Å²) in [6.45, 7) is 4.53. The molecule has 0 unspecified atom stereocenters. The molecule has 1 N–H and O–H groups in total. The van der Waals surface area contributed by atoms with Crippen molar-refractivity contribution in [1.82, 2.24) is 5.32 Å². The number of hydrogen-bond donors (Lipinski definition) is 1. The number of esters is 1. The molecule has 1 aromatic carbocycles. The van der Waals surface area contributed by atoms with Crippen molar-refractivity contribution in [3.05, 3.63) is 29.8 Å². The number of hydrogen-bond acceptors (Lipinski definition) is 4. The molecule has 1 aromatic rings. The average molecular weight is 291 g/mol. The zero-order valence-electron chi connectivity index (χ0n) is 12.4. The first-order valence-corrected chi connectivity index (χ1v) is 7.24. The van der Waals surface area contributed by atoms with Gasteiger partial charge in [0.1, 0.15) is 5.75 Å². The van der Waals surface area contributed by atoms with E-state index in [4.69, 9.17) is 9.47 Å². The van der Waals surface area contributed by atoms with Gasteiger partial charge in [-0.3, -0.25) is 4.79 Å². The normalized spacial score (nSPS) is 13.9. The first-order valence-electron chi connectivity index (χ1n) is 7.24. The lowest BCUT2D eigenvalue weighted by Crippen LogP contribution is -2.30. The van der Waals surface area contributed by atoms with Crippen LogP contribution in [0.1, 0.15) is 37.0 Å². The topological polar surface area (TPSA) is 64.6 Å². The molecule has 0 aromatic heterocycles. The van der Waals surface area contributed by atoms with Crippen molar-refractivity contribution in [2.75, 3.05) is 13.2 Å². The molecule has 0 bridgehead atoms. The molecule has 0 aliphatic heterocycles. The predicted molar refractivity (Wildman–Crippen MR) is 78.2 cm³/mol. The molecule has 1 aliphatic rings. The molecule has 1 saturated carbocycles. The highest BCUT2D eigenvalue weighted by Gasteiger charge is 2.23. The molecule has 5 heteroatoms. The molecule has 1 amide bonds. The van der Waals surface area contributed by atoms with Gasteiger partial charge in [0.25, 0.3) is 5.91 Å². The largest absolute Gasteiger partial charge is 0.493 e. The SMILES string of the molecule is CC(C)COc1ccc(C(=O)OCC(=O)NC2CC2)cc1. The Labute approximate surface area is 124 Å². The summed E-state index contributed by atoms with van der Waals surface area (Å²) in [6, 6.07) is 6.99. The van der Waals surface area contributed by atoms with E-state index in [1.807, 2.05) is 0 Å². The maximum atomic E-state index is 11.8. The van der Waals surface area contributed by atoms with Gasteiger partial charge in [0.15, 0.2) is 6.61 Å². The van der Waals surface area contributed by atoms with Crippen LogP contribution in [0, 0.1) is 5.92 Å². The van der Waals surface area contributed by atoms with Crippen molar-refractivity contribution in [2.45, 2.75) is 32.7 Å². The first kappa shape index (κ1) is 15.4. The van der Waals surface area contributed by atoms with Crippen LogP contribution < -0.4 is 10.1 Å². The van der Waals surface area contributed by atoms with Crippen LogP contribution in [0.3, 0.4) is 0 Å². The van der Waals surface area contributed by atoms with E-state index in [-0.39, 0.29) is 18.6 Å². The molecule has 5 nitrogen and oxygen atoms in total. The summed E-state index contributed by atoms with van der Waals surface area (Å²) in [6.07, 6.45) is 2.02. The van der Waals surface area contributed by atoms with Crippen LogP contribution in [0.2, 0.25) is 0 Å². The first-order chi connectivity index (χ1) is 10.0. The summed E-state index contributed by atoms with van der Waals surface area (Å²) in [5.41, 5.74) is 0.408. The van der Waals surface area contributed by atoms with Crippen LogP contribution in [-0.4, -0.2) is 31.1 Å². The van der Waals surface area contributed by atoms with Crippen molar-refractivity contribution < 1.29 is 19.1 Å². The number of benzene rings is 1. The molecular weight excluding hydrogens is 270 g/mol. The number of ether oxygens (including phenoxy) is 2. The highest BCUT2D eigenvalue weighted by atomic mass is 16.5. The molecule has 1 fully saturated rings. The minimum Gasteiger partial charge on any atom is -0.493 e. The second kappa shape index (κ2) is 7.11. The van der Waals surface area contributed by atoms with Crippen LogP contribution in [0.15, 0.2) is 24.3 Å². The van der Waals surface area contributed by atoms with Gasteiger partial charge in [0.2, 0.25) is 0 Å². The van der Waals surface area contributed by atoms with Crippen molar-refractivity contribution in [1.29, 1.82) is 0 Å². The quantitative estimate of drug-likeness (QED) is 0.782. The average Bonchev–Trinajstić information content (AvgIpc) is 3.27. The number of rotatable bonds is 7. The van der Waals surface area contributed by atoms with Gasteiger partial charge in [0.05, 0.1) is 12.2 Å². The third kappa shape index (κ3) is 5.45. The van der Waals surface area contributed by atoms with E-state index < -0.39 is 5.97 Å². The van der Waals surface area contributed by atoms with Gasteiger partial charge in [-0.2, -0.15) is 0 Å². The third-order valence-corrected chi connectivity index (χ3v) is 2.95. The Hall–Kier alpha value is -2.04. The Balaban J connectivity index is 1.77. The molecule has 0 spiro atoms. The minimum absolute atomic E-state index is 0.235. The van der Waals surface area contributed by atoms with Crippen molar-refractivity contribution in [3.8, 4) is 5.75 Å². The van der Waals surface area contributed by atoms with Crippen molar-refractivity contribution in [3.63, 3.8) is 0 Å². The van der Waals surface area contributed by atoms with Crippen LogP contribution in [0.25, 0.3) is 0 Å². The van der Waals surface area contributed by atoms with Crippen LogP contribution in [0.4, 0.5) is 0 Å². The van der Waals surface area contributed by atoms with Gasteiger partial charge in [-0.15, -0.1) is 0 Å². The molecule has 1 aliphatic carbocycles. The summed E-state index contributed by atoms with van der Waals surface area (Å²) >= 11 is 0. The zero-order valence-corrected chi connectivity index (χ0v) is 12.4. The molecule has 114 valence electrons. The Bertz CT molecular complexity index is 492. The van der Waals surface area contributed by atoms with Gasteiger partial charge in [-0.1, -0.05) is 13.8 Å². The third-order valence-electron chi connectivity index (χ3n) is 2.95. The smallest absolute Gasteiger partial charge is 0.338 e. The van der Waals surface area contributed by atoms with Crippen LogP contribution in [0.5, 0.6) is 5.75 Å². The van der Waals surface area contributed by atoms with E-state index in [0.717, 1.165) is 12.8 Å².